The van der Waals surface area contributed by atoms with Crippen LogP contribution in [0.2, 0.25) is 0 Å². The first-order valence-corrected chi connectivity index (χ1v) is 9.72. The standard InChI is InChI=1S/C21H32O2/c1-14(22)16-6-7-17-15-8-13-21(23)11-5-4-10-20(21,3)18(15)9-12-19(16,17)2/h5,11,15-18,23H,4,6-10,12-13H2,1-3H3/t15-,16+,17-,18-,19+,20+,21+/m0/s1. The van der Waals surface area contributed by atoms with Crippen molar-refractivity contribution in [3.8, 4) is 0 Å². The maximum atomic E-state index is 12.2. The van der Waals surface area contributed by atoms with Gasteiger partial charge in [0.2, 0.25) is 0 Å². The Morgan fingerprint density at radius 3 is 2.57 bits per heavy atom. The predicted octanol–water partition coefficient (Wildman–Crippen LogP) is 4.52. The van der Waals surface area contributed by atoms with Crippen molar-refractivity contribution in [2.45, 2.75) is 77.7 Å². The van der Waals surface area contributed by atoms with E-state index in [2.05, 4.69) is 26.0 Å². The van der Waals surface area contributed by atoms with Crippen molar-refractivity contribution in [2.24, 2.45) is 34.5 Å². The van der Waals surface area contributed by atoms with Gasteiger partial charge in [-0.05, 0) is 81.5 Å². The summed E-state index contributed by atoms with van der Waals surface area (Å²) in [7, 11) is 0. The molecule has 3 saturated carbocycles. The zero-order valence-corrected chi connectivity index (χ0v) is 15.0. The Morgan fingerprint density at radius 2 is 1.83 bits per heavy atom. The van der Waals surface area contributed by atoms with Crippen LogP contribution in [0.1, 0.15) is 72.1 Å². The molecule has 0 aromatic heterocycles. The summed E-state index contributed by atoms with van der Waals surface area (Å²) >= 11 is 0. The second kappa shape index (κ2) is 4.94. The van der Waals surface area contributed by atoms with E-state index in [0.717, 1.165) is 38.0 Å². The summed E-state index contributed by atoms with van der Waals surface area (Å²) in [6.07, 6.45) is 13.3. The maximum Gasteiger partial charge on any atom is 0.133 e. The molecule has 0 aliphatic heterocycles. The first-order valence-electron chi connectivity index (χ1n) is 9.72. The third-order valence-electron chi connectivity index (χ3n) is 8.82. The summed E-state index contributed by atoms with van der Waals surface area (Å²) in [4.78, 5) is 12.2. The van der Waals surface area contributed by atoms with Crippen LogP contribution in [0, 0.1) is 34.5 Å². The van der Waals surface area contributed by atoms with Gasteiger partial charge in [-0.15, -0.1) is 0 Å². The smallest absolute Gasteiger partial charge is 0.133 e. The number of aliphatic hydroxyl groups is 1. The van der Waals surface area contributed by atoms with E-state index in [-0.39, 0.29) is 16.7 Å². The van der Waals surface area contributed by atoms with Gasteiger partial charge in [0.15, 0.2) is 0 Å². The lowest BCUT2D eigenvalue weighted by molar-refractivity contribution is -0.170. The van der Waals surface area contributed by atoms with Gasteiger partial charge in [-0.1, -0.05) is 26.0 Å². The molecule has 2 heteroatoms. The van der Waals surface area contributed by atoms with Gasteiger partial charge in [-0.3, -0.25) is 4.79 Å². The van der Waals surface area contributed by atoms with Crippen LogP contribution in [0.4, 0.5) is 0 Å². The number of Topliss-reactive ketones (excluding diaryl/α,β-unsaturated/α-hetero) is 1. The van der Waals surface area contributed by atoms with Gasteiger partial charge in [-0.25, -0.2) is 0 Å². The molecule has 0 heterocycles. The van der Waals surface area contributed by atoms with Gasteiger partial charge in [0.05, 0.1) is 5.60 Å². The summed E-state index contributed by atoms with van der Waals surface area (Å²) in [6.45, 7) is 6.56. The minimum atomic E-state index is -0.585. The summed E-state index contributed by atoms with van der Waals surface area (Å²) in [6, 6.07) is 0. The van der Waals surface area contributed by atoms with Gasteiger partial charge in [0.1, 0.15) is 5.78 Å². The van der Waals surface area contributed by atoms with Gasteiger partial charge >= 0.3 is 0 Å². The van der Waals surface area contributed by atoms with Crippen molar-refractivity contribution in [3.05, 3.63) is 12.2 Å². The highest BCUT2D eigenvalue weighted by atomic mass is 16.3. The number of carbonyl (C=O) groups excluding carboxylic acids is 1. The van der Waals surface area contributed by atoms with E-state index in [9.17, 15) is 9.90 Å². The van der Waals surface area contributed by atoms with Crippen LogP contribution in [0.3, 0.4) is 0 Å². The highest BCUT2D eigenvalue weighted by Gasteiger charge is 2.63. The predicted molar refractivity (Wildman–Crippen MR) is 91.9 cm³/mol. The molecule has 0 unspecified atom stereocenters. The monoisotopic (exact) mass is 316 g/mol. The van der Waals surface area contributed by atoms with E-state index >= 15 is 0 Å². The minimum absolute atomic E-state index is 0.0420. The van der Waals surface area contributed by atoms with Crippen LogP contribution >= 0.6 is 0 Å². The van der Waals surface area contributed by atoms with Crippen LogP contribution in [0.15, 0.2) is 12.2 Å². The molecule has 0 aromatic rings. The Hall–Kier alpha value is -0.630. The lowest BCUT2D eigenvalue weighted by atomic mass is 9.44. The van der Waals surface area contributed by atoms with Crippen molar-refractivity contribution in [1.29, 1.82) is 0 Å². The molecule has 2 nitrogen and oxygen atoms in total. The lowest BCUT2D eigenvalue weighted by Gasteiger charge is -2.62. The summed E-state index contributed by atoms with van der Waals surface area (Å²) in [5.41, 5.74) is -0.317. The highest BCUT2D eigenvalue weighted by molar-refractivity contribution is 5.79. The average molecular weight is 316 g/mol. The fraction of sp³-hybridized carbons (Fsp3) is 0.857. The summed E-state index contributed by atoms with van der Waals surface area (Å²) in [5.74, 6) is 2.74. The Bertz CT molecular complexity index is 552. The average Bonchev–Trinajstić information content (AvgIpc) is 2.85. The van der Waals surface area contributed by atoms with Crippen molar-refractivity contribution in [3.63, 3.8) is 0 Å². The van der Waals surface area contributed by atoms with E-state index in [1.54, 1.807) is 6.92 Å². The van der Waals surface area contributed by atoms with E-state index in [1.165, 1.54) is 19.3 Å². The number of hydrogen-bond donors (Lipinski definition) is 1. The Labute approximate surface area is 140 Å². The van der Waals surface area contributed by atoms with Gasteiger partial charge in [0, 0.05) is 11.3 Å². The molecular weight excluding hydrogens is 284 g/mol. The molecule has 4 aliphatic rings. The van der Waals surface area contributed by atoms with E-state index < -0.39 is 5.60 Å². The van der Waals surface area contributed by atoms with Crippen molar-refractivity contribution in [1.82, 2.24) is 0 Å². The number of allylic oxidation sites excluding steroid dienone is 1. The number of carbonyl (C=O) groups is 1. The van der Waals surface area contributed by atoms with E-state index in [4.69, 9.17) is 0 Å². The first-order chi connectivity index (χ1) is 10.8. The van der Waals surface area contributed by atoms with Crippen LogP contribution in [0.5, 0.6) is 0 Å². The van der Waals surface area contributed by atoms with Gasteiger partial charge in [0.25, 0.3) is 0 Å². The topological polar surface area (TPSA) is 37.3 Å². The van der Waals surface area contributed by atoms with Crippen LogP contribution < -0.4 is 0 Å². The Morgan fingerprint density at radius 1 is 1.04 bits per heavy atom. The summed E-state index contributed by atoms with van der Waals surface area (Å²) < 4.78 is 0. The molecule has 0 saturated heterocycles. The molecule has 0 bridgehead atoms. The number of fused-ring (bicyclic) bond motifs is 5. The van der Waals surface area contributed by atoms with Gasteiger partial charge < -0.3 is 5.11 Å². The van der Waals surface area contributed by atoms with Crippen LogP contribution in [-0.2, 0) is 4.79 Å². The van der Waals surface area contributed by atoms with E-state index in [1.807, 2.05) is 0 Å². The number of rotatable bonds is 1. The normalized spacial score (nSPS) is 55.0. The van der Waals surface area contributed by atoms with Crippen molar-refractivity contribution in [2.75, 3.05) is 0 Å². The van der Waals surface area contributed by atoms with Crippen LogP contribution in [-0.4, -0.2) is 16.5 Å². The fourth-order valence-electron chi connectivity index (χ4n) is 7.48. The molecule has 4 aliphatic carbocycles. The number of ketones is 1. The SMILES string of the molecule is CC(=O)[C@H]1CC[C@H]2[C@@H]3CC[C@]4(O)C=CCC[C@]4(C)[C@H]3CC[C@]12C. The highest BCUT2D eigenvalue weighted by Crippen LogP contribution is 2.67. The third kappa shape index (κ3) is 1.94. The molecule has 0 spiro atoms. The van der Waals surface area contributed by atoms with Crippen LogP contribution in [0.25, 0.3) is 0 Å². The first kappa shape index (κ1) is 15.9. The quantitative estimate of drug-likeness (QED) is 0.722. The zero-order chi connectivity index (χ0) is 16.5. The number of hydrogen-bond acceptors (Lipinski definition) is 2. The molecule has 23 heavy (non-hydrogen) atoms. The maximum absolute atomic E-state index is 12.2. The Balaban J connectivity index is 1.68. The zero-order valence-electron chi connectivity index (χ0n) is 15.0. The molecular formula is C21H32O2. The van der Waals surface area contributed by atoms with Crippen molar-refractivity contribution < 1.29 is 9.90 Å². The lowest BCUT2D eigenvalue weighted by Crippen LogP contribution is -2.60. The summed E-state index contributed by atoms with van der Waals surface area (Å²) in [5, 5.41) is 11.3. The molecule has 4 rings (SSSR count). The Kier molecular flexibility index (Phi) is 3.41. The molecule has 0 aromatic carbocycles. The fourth-order valence-corrected chi connectivity index (χ4v) is 7.48. The van der Waals surface area contributed by atoms with Crippen molar-refractivity contribution >= 4 is 5.78 Å². The molecule has 1 N–H and O–H groups in total. The third-order valence-corrected chi connectivity index (χ3v) is 8.82. The van der Waals surface area contributed by atoms with Gasteiger partial charge in [-0.2, -0.15) is 0 Å². The molecule has 3 fully saturated rings. The second-order valence-corrected chi connectivity index (χ2v) is 9.48. The van der Waals surface area contributed by atoms with E-state index in [0.29, 0.717) is 17.6 Å². The molecule has 0 amide bonds. The molecule has 7 atom stereocenters. The minimum Gasteiger partial charge on any atom is -0.385 e. The molecule has 0 radical (unpaired) electrons. The largest absolute Gasteiger partial charge is 0.385 e. The second-order valence-electron chi connectivity index (χ2n) is 9.48. The molecule has 128 valence electrons.